The summed E-state index contributed by atoms with van der Waals surface area (Å²) in [5.74, 6) is 0. The van der Waals surface area contributed by atoms with E-state index in [0.717, 1.165) is 16.0 Å². The van der Waals surface area contributed by atoms with E-state index in [1.807, 2.05) is 12.1 Å². The van der Waals surface area contributed by atoms with E-state index in [9.17, 15) is 0 Å². The minimum absolute atomic E-state index is 0.481. The molecule has 1 saturated heterocycles. The third kappa shape index (κ3) is 2.80. The Hall–Kier alpha value is -0.990. The van der Waals surface area contributed by atoms with Crippen molar-refractivity contribution < 1.29 is 0 Å². The molecule has 19 heavy (non-hydrogen) atoms. The van der Waals surface area contributed by atoms with Crippen LogP contribution in [0.25, 0.3) is 0 Å². The molecule has 0 aromatic heterocycles. The van der Waals surface area contributed by atoms with Gasteiger partial charge in [0.25, 0.3) is 0 Å². The summed E-state index contributed by atoms with van der Waals surface area (Å²) >= 11 is 9.46. The van der Waals surface area contributed by atoms with Gasteiger partial charge in [-0.1, -0.05) is 39.7 Å². The van der Waals surface area contributed by atoms with Crippen LogP contribution in [0.2, 0.25) is 5.02 Å². The average Bonchev–Trinajstić information content (AvgIpc) is 2.90. The van der Waals surface area contributed by atoms with Crippen LogP contribution >= 0.6 is 27.5 Å². The van der Waals surface area contributed by atoms with Crippen molar-refractivity contribution in [3.63, 3.8) is 0 Å². The molecule has 2 aromatic rings. The van der Waals surface area contributed by atoms with Crippen molar-refractivity contribution in [3.8, 4) is 0 Å². The van der Waals surface area contributed by atoms with Gasteiger partial charge in [0.05, 0.1) is 6.04 Å². The lowest BCUT2D eigenvalue weighted by molar-refractivity contribution is 0.719. The summed E-state index contributed by atoms with van der Waals surface area (Å²) in [6, 6.07) is 17.3. The molecule has 3 heteroatoms. The highest BCUT2D eigenvalue weighted by atomic mass is 79.9. The van der Waals surface area contributed by atoms with Crippen LogP contribution in [0.4, 0.5) is 5.69 Å². The number of halogens is 2. The molecule has 0 N–H and O–H groups in total. The monoisotopic (exact) mass is 335 g/mol. The van der Waals surface area contributed by atoms with Gasteiger partial charge in [0.15, 0.2) is 0 Å². The summed E-state index contributed by atoms with van der Waals surface area (Å²) in [4.78, 5) is 2.47. The van der Waals surface area contributed by atoms with Crippen LogP contribution in [-0.2, 0) is 0 Å². The molecule has 3 rings (SSSR count). The standard InChI is InChI=1S/C16H15BrClN/c17-13-5-3-12(4-6-13)16-2-1-11-19(16)15-9-7-14(18)8-10-15/h3-10,16H,1-2,11H2. The average molecular weight is 337 g/mol. The lowest BCUT2D eigenvalue weighted by atomic mass is 10.0. The molecular weight excluding hydrogens is 322 g/mol. The summed E-state index contributed by atoms with van der Waals surface area (Å²) in [5.41, 5.74) is 2.64. The van der Waals surface area contributed by atoms with Gasteiger partial charge in [0.1, 0.15) is 0 Å². The number of anilines is 1. The molecule has 0 spiro atoms. The normalized spacial score (nSPS) is 18.8. The number of hydrogen-bond donors (Lipinski definition) is 0. The van der Waals surface area contributed by atoms with E-state index < -0.39 is 0 Å². The molecule has 98 valence electrons. The van der Waals surface area contributed by atoms with Crippen LogP contribution in [0.1, 0.15) is 24.4 Å². The fraction of sp³-hybridized carbons (Fsp3) is 0.250. The molecule has 0 saturated carbocycles. The van der Waals surface area contributed by atoms with E-state index in [1.54, 1.807) is 0 Å². The van der Waals surface area contributed by atoms with E-state index in [0.29, 0.717) is 6.04 Å². The third-order valence-corrected chi connectivity index (χ3v) is 4.45. The SMILES string of the molecule is Clc1ccc(N2CCCC2c2ccc(Br)cc2)cc1. The molecule has 1 aliphatic rings. The van der Waals surface area contributed by atoms with E-state index in [-0.39, 0.29) is 0 Å². The topological polar surface area (TPSA) is 3.24 Å². The van der Waals surface area contributed by atoms with Crippen LogP contribution in [-0.4, -0.2) is 6.54 Å². The van der Waals surface area contributed by atoms with E-state index >= 15 is 0 Å². The minimum atomic E-state index is 0.481. The molecule has 2 aromatic carbocycles. The zero-order valence-corrected chi connectivity index (χ0v) is 12.9. The first kappa shape index (κ1) is 13.0. The van der Waals surface area contributed by atoms with Crippen molar-refractivity contribution in [1.82, 2.24) is 0 Å². The Morgan fingerprint density at radius 1 is 1.00 bits per heavy atom. The molecular formula is C16H15BrClN. The van der Waals surface area contributed by atoms with Gasteiger partial charge in [-0.05, 0) is 54.8 Å². The van der Waals surface area contributed by atoms with Gasteiger partial charge in [0.2, 0.25) is 0 Å². The number of nitrogens with zero attached hydrogens (tertiary/aromatic N) is 1. The molecule has 0 aliphatic carbocycles. The van der Waals surface area contributed by atoms with Gasteiger partial charge in [0, 0.05) is 21.7 Å². The fourth-order valence-corrected chi connectivity index (χ4v) is 3.13. The molecule has 0 bridgehead atoms. The van der Waals surface area contributed by atoms with Crippen LogP contribution in [0.5, 0.6) is 0 Å². The Labute approximate surface area is 127 Å². The molecule has 1 aliphatic heterocycles. The molecule has 1 nitrogen and oxygen atoms in total. The van der Waals surface area contributed by atoms with Crippen molar-refractivity contribution in [2.45, 2.75) is 18.9 Å². The van der Waals surface area contributed by atoms with Gasteiger partial charge in [-0.15, -0.1) is 0 Å². The van der Waals surface area contributed by atoms with Gasteiger partial charge < -0.3 is 4.90 Å². The highest BCUT2D eigenvalue weighted by molar-refractivity contribution is 9.10. The first-order valence-corrected chi connectivity index (χ1v) is 7.69. The number of rotatable bonds is 2. The van der Waals surface area contributed by atoms with Crippen molar-refractivity contribution in [2.24, 2.45) is 0 Å². The lowest BCUT2D eigenvalue weighted by Crippen LogP contribution is -2.22. The second kappa shape index (κ2) is 5.56. The maximum atomic E-state index is 5.97. The third-order valence-electron chi connectivity index (χ3n) is 3.67. The highest BCUT2D eigenvalue weighted by Crippen LogP contribution is 2.36. The van der Waals surface area contributed by atoms with Crippen molar-refractivity contribution in [1.29, 1.82) is 0 Å². The van der Waals surface area contributed by atoms with Crippen LogP contribution in [0.3, 0.4) is 0 Å². The molecule has 1 atom stereocenters. The summed E-state index contributed by atoms with van der Waals surface area (Å²) in [6.07, 6.45) is 2.45. The molecule has 0 radical (unpaired) electrons. The van der Waals surface area contributed by atoms with E-state index in [2.05, 4.69) is 57.2 Å². The van der Waals surface area contributed by atoms with Crippen molar-refractivity contribution in [3.05, 3.63) is 63.6 Å². The zero-order valence-electron chi connectivity index (χ0n) is 10.5. The van der Waals surface area contributed by atoms with Crippen molar-refractivity contribution in [2.75, 3.05) is 11.4 Å². The highest BCUT2D eigenvalue weighted by Gasteiger charge is 2.25. The predicted molar refractivity (Wildman–Crippen MR) is 84.9 cm³/mol. The summed E-state index contributed by atoms with van der Waals surface area (Å²) in [5, 5.41) is 0.795. The number of benzene rings is 2. The summed E-state index contributed by atoms with van der Waals surface area (Å²) < 4.78 is 1.13. The quantitative estimate of drug-likeness (QED) is 0.705. The smallest absolute Gasteiger partial charge is 0.0543 e. The Morgan fingerprint density at radius 2 is 1.68 bits per heavy atom. The lowest BCUT2D eigenvalue weighted by Gasteiger charge is -2.27. The molecule has 0 amide bonds. The second-order valence-corrected chi connectivity index (χ2v) is 6.23. The minimum Gasteiger partial charge on any atom is -0.364 e. The summed E-state index contributed by atoms with van der Waals surface area (Å²) in [6.45, 7) is 1.11. The zero-order chi connectivity index (χ0) is 13.2. The Morgan fingerprint density at radius 3 is 2.37 bits per heavy atom. The Kier molecular flexibility index (Phi) is 3.81. The fourth-order valence-electron chi connectivity index (χ4n) is 2.74. The van der Waals surface area contributed by atoms with Crippen molar-refractivity contribution >= 4 is 33.2 Å². The van der Waals surface area contributed by atoms with Gasteiger partial charge >= 0.3 is 0 Å². The molecule has 1 fully saturated rings. The first-order valence-electron chi connectivity index (χ1n) is 6.52. The Bertz CT molecular complexity index is 498. The van der Waals surface area contributed by atoms with Crippen LogP contribution in [0, 0.1) is 0 Å². The molecule has 1 unspecified atom stereocenters. The van der Waals surface area contributed by atoms with Crippen LogP contribution < -0.4 is 4.90 Å². The molecule has 1 heterocycles. The van der Waals surface area contributed by atoms with Gasteiger partial charge in [-0.3, -0.25) is 0 Å². The second-order valence-electron chi connectivity index (χ2n) is 4.88. The van der Waals surface area contributed by atoms with Gasteiger partial charge in [-0.2, -0.15) is 0 Å². The largest absolute Gasteiger partial charge is 0.364 e. The predicted octanol–water partition coefficient (Wildman–Crippen LogP) is 5.44. The van der Waals surface area contributed by atoms with E-state index in [4.69, 9.17) is 11.6 Å². The van der Waals surface area contributed by atoms with Crippen LogP contribution in [0.15, 0.2) is 53.0 Å². The maximum Gasteiger partial charge on any atom is 0.0543 e. The maximum absolute atomic E-state index is 5.97. The summed E-state index contributed by atoms with van der Waals surface area (Å²) in [7, 11) is 0. The number of hydrogen-bond acceptors (Lipinski definition) is 1. The first-order chi connectivity index (χ1) is 9.24. The Balaban J connectivity index is 1.89. The van der Waals surface area contributed by atoms with E-state index in [1.165, 1.54) is 24.1 Å². The van der Waals surface area contributed by atoms with Gasteiger partial charge in [-0.25, -0.2) is 0 Å².